The monoisotopic (exact) mass is 236 g/mol. The maximum atomic E-state index is 4.20. The number of imidazole rings is 1. The molecule has 1 saturated heterocycles. The number of aromatic amines is 1. The van der Waals surface area contributed by atoms with Gasteiger partial charge in [-0.3, -0.25) is 0 Å². The molecular formula is C13H24N4. The fourth-order valence-corrected chi connectivity index (χ4v) is 2.47. The number of hydrogen-bond acceptors (Lipinski definition) is 3. The van der Waals surface area contributed by atoms with Gasteiger partial charge in [-0.25, -0.2) is 4.98 Å². The molecule has 17 heavy (non-hydrogen) atoms. The molecule has 0 spiro atoms. The van der Waals surface area contributed by atoms with E-state index in [9.17, 15) is 0 Å². The van der Waals surface area contributed by atoms with Gasteiger partial charge in [0.05, 0.1) is 0 Å². The molecule has 1 unspecified atom stereocenters. The molecule has 0 saturated carbocycles. The molecule has 1 aliphatic heterocycles. The molecule has 1 aromatic heterocycles. The first-order valence-corrected chi connectivity index (χ1v) is 6.60. The third-order valence-corrected chi connectivity index (χ3v) is 3.55. The highest BCUT2D eigenvalue weighted by Gasteiger charge is 2.23. The van der Waals surface area contributed by atoms with E-state index < -0.39 is 0 Å². The summed E-state index contributed by atoms with van der Waals surface area (Å²) < 4.78 is 0. The molecule has 0 aliphatic carbocycles. The van der Waals surface area contributed by atoms with E-state index in [2.05, 4.69) is 34.0 Å². The fourth-order valence-electron chi connectivity index (χ4n) is 2.47. The zero-order valence-corrected chi connectivity index (χ0v) is 11.2. The largest absolute Gasteiger partial charge is 0.345 e. The molecule has 2 heterocycles. The van der Waals surface area contributed by atoms with Crippen LogP contribution >= 0.6 is 0 Å². The summed E-state index contributed by atoms with van der Waals surface area (Å²) in [4.78, 5) is 10.0. The average Bonchev–Trinajstić information content (AvgIpc) is 2.88. The molecule has 4 nitrogen and oxygen atoms in total. The van der Waals surface area contributed by atoms with Crippen molar-refractivity contribution in [3.8, 4) is 0 Å². The van der Waals surface area contributed by atoms with E-state index in [-0.39, 0.29) is 0 Å². The maximum absolute atomic E-state index is 4.20. The normalized spacial score (nSPS) is 21.5. The quantitative estimate of drug-likeness (QED) is 0.815. The molecule has 0 radical (unpaired) electrons. The van der Waals surface area contributed by atoms with Crippen LogP contribution in [0, 0.1) is 12.8 Å². The van der Waals surface area contributed by atoms with Crippen LogP contribution in [0.2, 0.25) is 0 Å². The van der Waals surface area contributed by atoms with Crippen LogP contribution in [0.15, 0.2) is 6.20 Å². The van der Waals surface area contributed by atoms with Crippen LogP contribution in [-0.4, -0.2) is 40.5 Å². The van der Waals surface area contributed by atoms with Gasteiger partial charge in [-0.1, -0.05) is 0 Å². The Kier molecular flexibility index (Phi) is 4.18. The maximum Gasteiger partial charge on any atom is 0.103 e. The van der Waals surface area contributed by atoms with Crippen molar-refractivity contribution >= 4 is 0 Å². The molecule has 0 aromatic carbocycles. The SMILES string of the molecule is Cc1ncc(CNCC2CCN(C(C)C)C2)[nH]1. The van der Waals surface area contributed by atoms with Gasteiger partial charge >= 0.3 is 0 Å². The Morgan fingerprint density at radius 1 is 1.59 bits per heavy atom. The van der Waals surface area contributed by atoms with Crippen LogP contribution in [0.25, 0.3) is 0 Å². The van der Waals surface area contributed by atoms with Crippen LogP contribution in [0.1, 0.15) is 31.8 Å². The number of rotatable bonds is 5. The van der Waals surface area contributed by atoms with Crippen LogP contribution in [0.5, 0.6) is 0 Å². The van der Waals surface area contributed by atoms with Gasteiger partial charge in [0.25, 0.3) is 0 Å². The summed E-state index contributed by atoms with van der Waals surface area (Å²) in [5.74, 6) is 1.80. The van der Waals surface area contributed by atoms with Crippen LogP contribution < -0.4 is 5.32 Å². The molecule has 96 valence electrons. The number of hydrogen-bond donors (Lipinski definition) is 2. The number of aromatic nitrogens is 2. The first-order valence-electron chi connectivity index (χ1n) is 6.60. The minimum absolute atomic E-state index is 0.690. The number of nitrogens with zero attached hydrogens (tertiary/aromatic N) is 2. The third-order valence-electron chi connectivity index (χ3n) is 3.55. The summed E-state index contributed by atoms with van der Waals surface area (Å²) in [6.07, 6.45) is 3.24. The van der Waals surface area contributed by atoms with Crippen molar-refractivity contribution < 1.29 is 0 Å². The van der Waals surface area contributed by atoms with E-state index >= 15 is 0 Å². The second-order valence-electron chi connectivity index (χ2n) is 5.37. The summed E-state index contributed by atoms with van der Waals surface area (Å²) in [6.45, 7) is 11.1. The highest BCUT2D eigenvalue weighted by molar-refractivity contribution is 4.99. The lowest BCUT2D eigenvalue weighted by atomic mass is 10.1. The van der Waals surface area contributed by atoms with Gasteiger partial charge in [-0.2, -0.15) is 0 Å². The summed E-state index contributed by atoms with van der Waals surface area (Å²) >= 11 is 0. The van der Waals surface area contributed by atoms with Crippen molar-refractivity contribution in [2.75, 3.05) is 19.6 Å². The summed E-state index contributed by atoms with van der Waals surface area (Å²) in [6, 6.07) is 0.690. The molecule has 0 bridgehead atoms. The highest BCUT2D eigenvalue weighted by atomic mass is 15.2. The molecular weight excluding hydrogens is 212 g/mol. The Morgan fingerprint density at radius 2 is 2.41 bits per heavy atom. The zero-order valence-electron chi connectivity index (χ0n) is 11.2. The molecule has 1 fully saturated rings. The van der Waals surface area contributed by atoms with Crippen molar-refractivity contribution in [2.45, 2.75) is 39.8 Å². The van der Waals surface area contributed by atoms with Crippen LogP contribution in [0.3, 0.4) is 0 Å². The van der Waals surface area contributed by atoms with Gasteiger partial charge in [0.15, 0.2) is 0 Å². The van der Waals surface area contributed by atoms with Crippen molar-refractivity contribution in [3.05, 3.63) is 17.7 Å². The van der Waals surface area contributed by atoms with Crippen molar-refractivity contribution in [2.24, 2.45) is 5.92 Å². The molecule has 4 heteroatoms. The number of likely N-dealkylation sites (tertiary alicyclic amines) is 1. The standard InChI is InChI=1S/C13H24N4/c1-10(2)17-5-4-12(9-17)6-14-7-13-8-15-11(3)16-13/h8,10,12,14H,4-7,9H2,1-3H3,(H,15,16). The molecule has 2 N–H and O–H groups in total. The van der Waals surface area contributed by atoms with Gasteiger partial charge < -0.3 is 15.2 Å². The van der Waals surface area contributed by atoms with E-state index in [1.54, 1.807) is 0 Å². The smallest absolute Gasteiger partial charge is 0.103 e. The molecule has 0 amide bonds. The summed E-state index contributed by atoms with van der Waals surface area (Å²) in [5, 5.41) is 3.52. The van der Waals surface area contributed by atoms with Gasteiger partial charge in [-0.05, 0) is 46.2 Å². The Balaban J connectivity index is 1.66. The highest BCUT2D eigenvalue weighted by Crippen LogP contribution is 2.17. The van der Waals surface area contributed by atoms with E-state index in [0.29, 0.717) is 6.04 Å². The van der Waals surface area contributed by atoms with Gasteiger partial charge in [0.1, 0.15) is 5.82 Å². The Morgan fingerprint density at radius 3 is 3.00 bits per heavy atom. The Hall–Kier alpha value is -0.870. The van der Waals surface area contributed by atoms with Gasteiger partial charge in [-0.15, -0.1) is 0 Å². The number of nitrogens with one attached hydrogen (secondary N) is 2. The van der Waals surface area contributed by atoms with Crippen molar-refractivity contribution in [1.82, 2.24) is 20.2 Å². The first kappa shape index (κ1) is 12.6. The van der Waals surface area contributed by atoms with Crippen LogP contribution in [-0.2, 0) is 6.54 Å². The summed E-state index contributed by atoms with van der Waals surface area (Å²) in [5.41, 5.74) is 1.18. The van der Waals surface area contributed by atoms with E-state index in [1.807, 2.05) is 13.1 Å². The predicted octanol–water partition coefficient (Wildman–Crippen LogP) is 1.54. The second-order valence-corrected chi connectivity index (χ2v) is 5.37. The average molecular weight is 236 g/mol. The number of H-pyrrole nitrogens is 1. The zero-order chi connectivity index (χ0) is 12.3. The Labute approximate surface area is 104 Å². The van der Waals surface area contributed by atoms with Crippen molar-refractivity contribution in [3.63, 3.8) is 0 Å². The van der Waals surface area contributed by atoms with Crippen LogP contribution in [0.4, 0.5) is 0 Å². The minimum atomic E-state index is 0.690. The third kappa shape index (κ3) is 3.54. The molecule has 1 aliphatic rings. The molecule has 1 atom stereocenters. The van der Waals surface area contributed by atoms with Gasteiger partial charge in [0.2, 0.25) is 0 Å². The van der Waals surface area contributed by atoms with E-state index in [0.717, 1.165) is 24.8 Å². The molecule has 1 aromatic rings. The number of aryl methyl sites for hydroxylation is 1. The van der Waals surface area contributed by atoms with E-state index in [4.69, 9.17) is 0 Å². The fraction of sp³-hybridized carbons (Fsp3) is 0.769. The topological polar surface area (TPSA) is 44.0 Å². The lowest BCUT2D eigenvalue weighted by Crippen LogP contribution is -2.30. The Bertz CT molecular complexity index is 345. The second kappa shape index (κ2) is 5.65. The van der Waals surface area contributed by atoms with Gasteiger partial charge in [0, 0.05) is 31.0 Å². The lowest BCUT2D eigenvalue weighted by Gasteiger charge is -2.20. The first-order chi connectivity index (χ1) is 8.15. The summed E-state index contributed by atoms with van der Waals surface area (Å²) in [7, 11) is 0. The lowest BCUT2D eigenvalue weighted by molar-refractivity contribution is 0.264. The minimum Gasteiger partial charge on any atom is -0.345 e. The molecule has 2 rings (SSSR count). The van der Waals surface area contributed by atoms with Crippen molar-refractivity contribution in [1.29, 1.82) is 0 Å². The van der Waals surface area contributed by atoms with E-state index in [1.165, 1.54) is 25.2 Å². The predicted molar refractivity (Wildman–Crippen MR) is 69.8 cm³/mol.